The number of aliphatic hydroxyl groups is 1. The predicted molar refractivity (Wildman–Crippen MR) is 130 cm³/mol. The SMILES string of the molecule is [3H]OCCC[C@H]1O[C@@H](n2cnc3c(NC(=O)c4ccccc4)ncnc32)[C@H](F)[C@@H]1OC(=O)c1ccccc1. The summed E-state index contributed by atoms with van der Waals surface area (Å²) in [6, 6.07) is 16.9. The molecule has 4 atom stereocenters. The lowest BCUT2D eigenvalue weighted by Gasteiger charge is -2.19. The molecule has 2 aromatic heterocycles. The smallest absolute Gasteiger partial charge is 0.338 e. The summed E-state index contributed by atoms with van der Waals surface area (Å²) in [5, 5.41) is 7.09. The van der Waals surface area contributed by atoms with Gasteiger partial charge in [-0.2, -0.15) is 0 Å². The van der Waals surface area contributed by atoms with E-state index < -0.39 is 30.6 Å². The highest BCUT2D eigenvalue weighted by Crippen LogP contribution is 2.38. The first kappa shape index (κ1) is 23.2. The normalized spacial score (nSPS) is 21.5. The predicted octanol–water partition coefficient (Wildman–Crippen LogP) is 3.31. The Morgan fingerprint density at radius 2 is 1.81 bits per heavy atom. The second kappa shape index (κ2) is 10.8. The molecule has 0 saturated carbocycles. The number of benzene rings is 2. The lowest BCUT2D eigenvalue weighted by Crippen LogP contribution is -2.34. The van der Waals surface area contributed by atoms with Crippen molar-refractivity contribution in [3.05, 3.63) is 84.4 Å². The Labute approximate surface area is 212 Å². The number of nitrogens with zero attached hydrogens (tertiary/aromatic N) is 4. The summed E-state index contributed by atoms with van der Waals surface area (Å²) in [6.07, 6.45) is -1.69. The van der Waals surface area contributed by atoms with Gasteiger partial charge < -0.3 is 19.9 Å². The van der Waals surface area contributed by atoms with Crippen LogP contribution in [-0.4, -0.2) is 62.9 Å². The summed E-state index contributed by atoms with van der Waals surface area (Å²) in [5.74, 6) is -0.898. The molecule has 1 aliphatic heterocycles. The van der Waals surface area contributed by atoms with E-state index in [2.05, 4.69) is 25.4 Å². The van der Waals surface area contributed by atoms with Crippen molar-refractivity contribution in [3.8, 4) is 0 Å². The molecular formula is C26H24FN5O5. The number of fused-ring (bicyclic) bond motifs is 1. The Balaban J connectivity index is 1.40. The molecule has 0 radical (unpaired) electrons. The number of hydrogen-bond donors (Lipinski definition) is 2. The minimum atomic E-state index is -1.75. The number of aliphatic hydroxyl groups excluding tert-OH is 1. The van der Waals surface area contributed by atoms with Gasteiger partial charge in [-0.25, -0.2) is 24.1 Å². The molecule has 10 nitrogen and oxygen atoms in total. The third-order valence-corrected chi connectivity index (χ3v) is 6.05. The number of carbonyl (C=O) groups is 2. The summed E-state index contributed by atoms with van der Waals surface area (Å²) < 4.78 is 35.8. The summed E-state index contributed by atoms with van der Waals surface area (Å²) in [4.78, 5) is 38.0. The fourth-order valence-electron chi connectivity index (χ4n) is 4.24. The van der Waals surface area contributed by atoms with Crippen molar-refractivity contribution in [3.63, 3.8) is 0 Å². The minimum Gasteiger partial charge on any atom is -0.453 e. The summed E-state index contributed by atoms with van der Waals surface area (Å²) in [6.45, 7) is 0.118. The second-order valence-electron chi connectivity index (χ2n) is 8.46. The molecule has 37 heavy (non-hydrogen) atoms. The van der Waals surface area contributed by atoms with Crippen molar-refractivity contribution in [1.82, 2.24) is 19.5 Å². The molecular weight excluding hydrogens is 481 g/mol. The molecule has 190 valence electrons. The average Bonchev–Trinajstić information content (AvgIpc) is 3.51. The fourth-order valence-corrected chi connectivity index (χ4v) is 4.24. The summed E-state index contributed by atoms with van der Waals surface area (Å²) >= 11 is 0. The number of halogens is 1. The first-order chi connectivity index (χ1) is 18.6. The van der Waals surface area contributed by atoms with Gasteiger partial charge in [0.25, 0.3) is 5.91 Å². The summed E-state index contributed by atoms with van der Waals surface area (Å²) in [7, 11) is 0. The molecule has 3 heterocycles. The van der Waals surface area contributed by atoms with Crippen molar-refractivity contribution < 1.29 is 28.6 Å². The number of amides is 1. The highest BCUT2D eigenvalue weighted by Gasteiger charge is 2.48. The van der Waals surface area contributed by atoms with E-state index >= 15 is 4.39 Å². The van der Waals surface area contributed by atoms with Crippen molar-refractivity contribution in [2.24, 2.45) is 0 Å². The van der Waals surface area contributed by atoms with Crippen LogP contribution in [0.5, 0.6) is 0 Å². The van der Waals surface area contributed by atoms with Crippen LogP contribution in [0.1, 0.15) is 39.8 Å². The maximum Gasteiger partial charge on any atom is 0.338 e. The van der Waals surface area contributed by atoms with E-state index in [-0.39, 0.29) is 35.1 Å². The number of esters is 1. The molecule has 0 unspecified atom stereocenters. The summed E-state index contributed by atoms with van der Waals surface area (Å²) in [5.41, 5.74) is 1.20. The zero-order valence-electron chi connectivity index (χ0n) is 20.6. The monoisotopic (exact) mass is 507 g/mol. The first-order valence-electron chi connectivity index (χ1n) is 12.1. The van der Waals surface area contributed by atoms with Gasteiger partial charge in [-0.05, 0) is 37.1 Å². The van der Waals surface area contributed by atoms with Crippen LogP contribution in [0.4, 0.5) is 10.2 Å². The van der Waals surface area contributed by atoms with Gasteiger partial charge in [0.15, 0.2) is 35.5 Å². The number of nitrogens with one attached hydrogen (secondary N) is 1. The molecule has 1 fully saturated rings. The molecule has 11 heteroatoms. The van der Waals surface area contributed by atoms with Gasteiger partial charge in [0.05, 0.1) is 11.9 Å². The van der Waals surface area contributed by atoms with Crippen LogP contribution < -0.4 is 5.32 Å². The van der Waals surface area contributed by atoms with E-state index in [0.29, 0.717) is 18.4 Å². The Bertz CT molecular complexity index is 1410. The van der Waals surface area contributed by atoms with Gasteiger partial charge in [0, 0.05) is 12.2 Å². The highest BCUT2D eigenvalue weighted by molar-refractivity contribution is 6.06. The van der Waals surface area contributed by atoms with Gasteiger partial charge in [0.2, 0.25) is 1.43 Å². The lowest BCUT2D eigenvalue weighted by molar-refractivity contribution is -0.0338. The average molecular weight is 508 g/mol. The number of ether oxygens (including phenoxy) is 2. The van der Waals surface area contributed by atoms with E-state index in [9.17, 15) is 9.59 Å². The lowest BCUT2D eigenvalue weighted by atomic mass is 10.1. The van der Waals surface area contributed by atoms with Crippen molar-refractivity contribution in [2.75, 3.05) is 11.9 Å². The maximum absolute atomic E-state index is 15.9. The maximum atomic E-state index is 15.9. The van der Waals surface area contributed by atoms with Crippen molar-refractivity contribution in [2.45, 2.75) is 37.4 Å². The molecule has 4 aromatic rings. The van der Waals surface area contributed by atoms with E-state index in [1.165, 1.54) is 17.2 Å². The molecule has 1 saturated heterocycles. The fraction of sp³-hybridized carbons (Fsp3) is 0.269. The van der Waals surface area contributed by atoms with Gasteiger partial charge in [-0.1, -0.05) is 36.4 Å². The van der Waals surface area contributed by atoms with Gasteiger partial charge in [0.1, 0.15) is 12.4 Å². The van der Waals surface area contributed by atoms with E-state index in [1.807, 2.05) is 0 Å². The number of imidazole rings is 1. The van der Waals surface area contributed by atoms with E-state index in [0.717, 1.165) is 0 Å². The van der Waals surface area contributed by atoms with E-state index in [1.54, 1.807) is 60.7 Å². The van der Waals surface area contributed by atoms with Crippen LogP contribution in [0, 0.1) is 0 Å². The van der Waals surface area contributed by atoms with Crippen LogP contribution in [-0.2, 0) is 9.47 Å². The quantitative estimate of drug-likeness (QED) is 0.261. The van der Waals surface area contributed by atoms with Gasteiger partial charge in [-0.3, -0.25) is 9.36 Å². The molecule has 1 aliphatic rings. The van der Waals surface area contributed by atoms with Crippen LogP contribution in [0.3, 0.4) is 0 Å². The molecule has 0 spiro atoms. The number of anilines is 1. The molecule has 2 aromatic carbocycles. The van der Waals surface area contributed by atoms with Crippen LogP contribution in [0.15, 0.2) is 73.3 Å². The van der Waals surface area contributed by atoms with Crippen LogP contribution >= 0.6 is 0 Å². The largest absolute Gasteiger partial charge is 0.453 e. The number of hydrogen-bond acceptors (Lipinski definition) is 8. The standard InChI is InChI=1S/C26H24FN5O5/c27-19-21(37-26(35)17-10-5-2-6-11-17)18(12-7-13-33)36-25(19)32-15-30-20-22(28-14-29-23(20)32)31-24(34)16-8-3-1-4-9-16/h1-6,8-11,14-15,18-19,21,25,33H,7,12-13H2,(H,28,29,31,34)/t18-,19-,21-,25-/m1/s1/i33T. The third kappa shape index (κ3) is 5.04. The van der Waals surface area contributed by atoms with Gasteiger partial charge in [-0.15, -0.1) is 0 Å². The third-order valence-electron chi connectivity index (χ3n) is 6.05. The number of carbonyl (C=O) groups excluding carboxylic acids is 2. The van der Waals surface area contributed by atoms with Crippen LogP contribution in [0.25, 0.3) is 11.2 Å². The molecule has 0 aliphatic carbocycles. The van der Waals surface area contributed by atoms with Crippen molar-refractivity contribution >= 4 is 28.9 Å². The van der Waals surface area contributed by atoms with Crippen molar-refractivity contribution in [1.29, 1.82) is 1.43 Å². The Morgan fingerprint density at radius 3 is 2.54 bits per heavy atom. The number of alkyl halides is 1. The Hall–Kier alpha value is -4.22. The first-order valence-corrected chi connectivity index (χ1v) is 11.7. The zero-order valence-corrected chi connectivity index (χ0v) is 19.6. The molecule has 1 amide bonds. The zero-order chi connectivity index (χ0) is 26.5. The number of aromatic nitrogens is 4. The number of rotatable bonds is 9. The minimum absolute atomic E-state index is 0.118. The molecule has 2 N–H and O–H groups in total. The Kier molecular flexibility index (Phi) is 6.78. The topological polar surface area (TPSA) is 128 Å². The van der Waals surface area contributed by atoms with Crippen LogP contribution in [0.2, 0.25) is 0 Å². The second-order valence-corrected chi connectivity index (χ2v) is 8.46. The molecule has 5 rings (SSSR count). The van der Waals surface area contributed by atoms with E-state index in [4.69, 9.17) is 10.9 Å². The van der Waals surface area contributed by atoms with Gasteiger partial charge >= 0.3 is 5.97 Å². The molecule has 0 bridgehead atoms. The Morgan fingerprint density at radius 1 is 1.08 bits per heavy atom. The highest BCUT2D eigenvalue weighted by atomic mass is 19.1.